The van der Waals surface area contributed by atoms with Gasteiger partial charge in [0.1, 0.15) is 11.5 Å². The third-order valence-corrected chi connectivity index (χ3v) is 4.78. The molecule has 7 nitrogen and oxygen atoms in total. The van der Waals surface area contributed by atoms with E-state index >= 15 is 0 Å². The number of fused-ring (bicyclic) bond motifs is 2. The summed E-state index contributed by atoms with van der Waals surface area (Å²) in [4.78, 5) is 16.5. The lowest BCUT2D eigenvalue weighted by molar-refractivity contribution is 0.248. The van der Waals surface area contributed by atoms with Gasteiger partial charge in [0, 0.05) is 27.4 Å². The summed E-state index contributed by atoms with van der Waals surface area (Å²) in [5, 5.41) is 17.1. The molecule has 28 heavy (non-hydrogen) atoms. The molecule has 0 aliphatic carbocycles. The maximum Gasteiger partial charge on any atom is 0.341 e. The molecule has 0 radical (unpaired) electrons. The molecule has 0 saturated carbocycles. The molecule has 0 unspecified atom stereocenters. The van der Waals surface area contributed by atoms with E-state index in [0.29, 0.717) is 38.9 Å². The molecule has 0 bridgehead atoms. The van der Waals surface area contributed by atoms with Gasteiger partial charge in [-0.1, -0.05) is 29.8 Å². The van der Waals surface area contributed by atoms with Crippen molar-refractivity contribution in [2.24, 2.45) is 10.7 Å². The standard InChI is InChI=1S/C19H15ClFN5O2/c1-9-16-18(26(25-9)19(22)28)23-15-6-10(8-27)14(21)7-12(15)17(24-16)11-4-2-3-5-13(11)20/h2-7,23,27H,8H2,1H3,(H2,22,28). The van der Waals surface area contributed by atoms with Crippen LogP contribution < -0.4 is 11.1 Å². The zero-order chi connectivity index (χ0) is 20.0. The summed E-state index contributed by atoms with van der Waals surface area (Å²) >= 11 is 6.37. The Labute approximate surface area is 164 Å². The van der Waals surface area contributed by atoms with Gasteiger partial charge in [0.25, 0.3) is 0 Å². The molecule has 4 N–H and O–H groups in total. The highest BCUT2D eigenvalue weighted by Crippen LogP contribution is 2.39. The van der Waals surface area contributed by atoms with Crippen molar-refractivity contribution in [1.29, 1.82) is 0 Å². The molecule has 142 valence electrons. The molecule has 2 aromatic carbocycles. The van der Waals surface area contributed by atoms with Crippen molar-refractivity contribution >= 4 is 40.5 Å². The average molecular weight is 400 g/mol. The van der Waals surface area contributed by atoms with E-state index in [1.165, 1.54) is 12.1 Å². The van der Waals surface area contributed by atoms with Crippen molar-refractivity contribution < 1.29 is 14.3 Å². The van der Waals surface area contributed by atoms with Crippen LogP contribution in [0.1, 0.15) is 22.4 Å². The first kappa shape index (κ1) is 18.1. The van der Waals surface area contributed by atoms with E-state index in [2.05, 4.69) is 15.4 Å². The zero-order valence-corrected chi connectivity index (χ0v) is 15.5. The van der Waals surface area contributed by atoms with Crippen molar-refractivity contribution in [3.05, 3.63) is 69.6 Å². The molecule has 0 saturated heterocycles. The Morgan fingerprint density at radius 3 is 2.75 bits per heavy atom. The number of primary amides is 1. The fourth-order valence-corrected chi connectivity index (χ4v) is 3.35. The number of hydrogen-bond donors (Lipinski definition) is 3. The molecule has 0 spiro atoms. The molecule has 4 rings (SSSR count). The number of nitrogens with zero attached hydrogens (tertiary/aromatic N) is 3. The fourth-order valence-electron chi connectivity index (χ4n) is 3.12. The van der Waals surface area contributed by atoms with E-state index in [-0.39, 0.29) is 11.4 Å². The highest BCUT2D eigenvalue weighted by molar-refractivity contribution is 6.36. The van der Waals surface area contributed by atoms with E-state index in [9.17, 15) is 14.3 Å². The van der Waals surface area contributed by atoms with Crippen LogP contribution in [0.15, 0.2) is 41.4 Å². The SMILES string of the molecule is Cc1nn(C(N)=O)c2c1N=C(c1ccccc1Cl)c1cc(F)c(CO)cc1N2. The van der Waals surface area contributed by atoms with Crippen LogP contribution in [0, 0.1) is 12.7 Å². The number of aliphatic imine (C=N–C) groups is 1. The second-order valence-electron chi connectivity index (χ2n) is 6.25. The predicted molar refractivity (Wildman–Crippen MR) is 104 cm³/mol. The molecular formula is C19H15ClFN5O2. The maximum atomic E-state index is 14.5. The molecule has 1 aliphatic rings. The summed E-state index contributed by atoms with van der Waals surface area (Å²) in [6, 6.07) is 8.98. The third kappa shape index (κ3) is 2.83. The molecule has 0 fully saturated rings. The van der Waals surface area contributed by atoms with Crippen molar-refractivity contribution in [3.63, 3.8) is 0 Å². The number of rotatable bonds is 2. The van der Waals surface area contributed by atoms with Gasteiger partial charge in [-0.25, -0.2) is 14.2 Å². The Balaban J connectivity index is 2.07. The summed E-state index contributed by atoms with van der Waals surface area (Å²) in [5.74, 6) is -0.328. The lowest BCUT2D eigenvalue weighted by Crippen LogP contribution is -2.22. The largest absolute Gasteiger partial charge is 0.392 e. The Morgan fingerprint density at radius 2 is 2.07 bits per heavy atom. The normalized spacial score (nSPS) is 12.5. The summed E-state index contributed by atoms with van der Waals surface area (Å²) in [6.07, 6.45) is 0. The molecule has 2 heterocycles. The van der Waals surface area contributed by atoms with Gasteiger partial charge in [-0.2, -0.15) is 9.78 Å². The molecule has 1 aromatic heterocycles. The minimum Gasteiger partial charge on any atom is -0.392 e. The number of nitrogens with one attached hydrogen (secondary N) is 1. The van der Waals surface area contributed by atoms with E-state index in [1.54, 1.807) is 31.2 Å². The lowest BCUT2D eigenvalue weighted by Gasteiger charge is -2.14. The van der Waals surface area contributed by atoms with Crippen molar-refractivity contribution in [2.45, 2.75) is 13.5 Å². The number of benzene rings is 2. The van der Waals surface area contributed by atoms with Crippen LogP contribution in [0.4, 0.5) is 26.4 Å². The number of nitrogens with two attached hydrogens (primary N) is 1. The van der Waals surface area contributed by atoms with Gasteiger partial charge in [-0.3, -0.25) is 0 Å². The highest BCUT2D eigenvalue weighted by atomic mass is 35.5. The first-order chi connectivity index (χ1) is 13.4. The van der Waals surface area contributed by atoms with Gasteiger partial charge in [0.15, 0.2) is 5.82 Å². The molecular weight excluding hydrogens is 385 g/mol. The Hall–Kier alpha value is -3.23. The third-order valence-electron chi connectivity index (χ3n) is 4.46. The van der Waals surface area contributed by atoms with E-state index < -0.39 is 18.5 Å². The van der Waals surface area contributed by atoms with Gasteiger partial charge < -0.3 is 16.2 Å². The number of aryl methyl sites for hydroxylation is 1. The van der Waals surface area contributed by atoms with E-state index in [4.69, 9.17) is 17.3 Å². The monoisotopic (exact) mass is 399 g/mol. The minimum absolute atomic E-state index is 0.0927. The average Bonchev–Trinajstić information content (AvgIpc) is 2.87. The predicted octanol–water partition coefficient (Wildman–Crippen LogP) is 3.63. The Kier molecular flexibility index (Phi) is 4.37. The van der Waals surface area contributed by atoms with Gasteiger partial charge in [-0.05, 0) is 25.1 Å². The quantitative estimate of drug-likeness (QED) is 0.478. The molecule has 3 aromatic rings. The second kappa shape index (κ2) is 6.74. The van der Waals surface area contributed by atoms with Crippen molar-refractivity contribution in [3.8, 4) is 0 Å². The van der Waals surface area contributed by atoms with Crippen LogP contribution >= 0.6 is 11.6 Å². The summed E-state index contributed by atoms with van der Waals surface area (Å²) < 4.78 is 15.5. The van der Waals surface area contributed by atoms with Crippen LogP contribution in [0.25, 0.3) is 0 Å². The number of aromatic nitrogens is 2. The van der Waals surface area contributed by atoms with Crippen LogP contribution in [0.3, 0.4) is 0 Å². The van der Waals surface area contributed by atoms with E-state index in [0.717, 1.165) is 4.68 Å². The fraction of sp³-hybridized carbons (Fsp3) is 0.105. The number of aliphatic hydroxyl groups excluding tert-OH is 1. The molecule has 0 atom stereocenters. The molecule has 1 aliphatic heterocycles. The number of halogens is 2. The number of hydrogen-bond acceptors (Lipinski definition) is 5. The topological polar surface area (TPSA) is 106 Å². The van der Waals surface area contributed by atoms with Gasteiger partial charge in [0.2, 0.25) is 0 Å². The first-order valence-electron chi connectivity index (χ1n) is 8.34. The van der Waals surface area contributed by atoms with Crippen LogP contribution in [-0.2, 0) is 6.61 Å². The second-order valence-corrected chi connectivity index (χ2v) is 6.65. The van der Waals surface area contributed by atoms with E-state index in [1.807, 2.05) is 0 Å². The van der Waals surface area contributed by atoms with Gasteiger partial charge in [0.05, 0.1) is 18.0 Å². The summed E-state index contributed by atoms with van der Waals surface area (Å²) in [7, 11) is 0. The van der Waals surface area contributed by atoms with Crippen LogP contribution in [0.2, 0.25) is 5.02 Å². The lowest BCUT2D eigenvalue weighted by atomic mass is 9.98. The molecule has 9 heteroatoms. The summed E-state index contributed by atoms with van der Waals surface area (Å²) in [5.41, 5.74) is 8.21. The molecule has 1 amide bonds. The Morgan fingerprint density at radius 1 is 1.32 bits per heavy atom. The first-order valence-corrected chi connectivity index (χ1v) is 8.72. The summed E-state index contributed by atoms with van der Waals surface area (Å²) in [6.45, 7) is 1.20. The Bertz CT molecular complexity index is 1160. The number of carbonyl (C=O) groups is 1. The number of anilines is 2. The van der Waals surface area contributed by atoms with Crippen LogP contribution in [0.5, 0.6) is 0 Å². The van der Waals surface area contributed by atoms with Crippen molar-refractivity contribution in [1.82, 2.24) is 9.78 Å². The minimum atomic E-state index is -0.792. The smallest absolute Gasteiger partial charge is 0.341 e. The van der Waals surface area contributed by atoms with Crippen molar-refractivity contribution in [2.75, 3.05) is 5.32 Å². The van der Waals surface area contributed by atoms with Gasteiger partial charge in [-0.15, -0.1) is 0 Å². The number of carbonyl (C=O) groups excluding carboxylic acids is 1. The zero-order valence-electron chi connectivity index (χ0n) is 14.7. The van der Waals surface area contributed by atoms with Gasteiger partial charge >= 0.3 is 6.03 Å². The number of aliphatic hydroxyl groups is 1. The highest BCUT2D eigenvalue weighted by Gasteiger charge is 2.27. The number of amides is 1. The van der Waals surface area contributed by atoms with Crippen LogP contribution in [-0.4, -0.2) is 26.6 Å². The maximum absolute atomic E-state index is 14.5.